The van der Waals surface area contributed by atoms with Crippen LogP contribution in [0.4, 0.5) is 5.82 Å². The van der Waals surface area contributed by atoms with Crippen LogP contribution >= 0.6 is 0 Å². The third kappa shape index (κ3) is 3.37. The Morgan fingerprint density at radius 2 is 2.00 bits per heavy atom. The van der Waals surface area contributed by atoms with Gasteiger partial charge >= 0.3 is 0 Å². The number of carbonyl (C=O) groups is 1. The van der Waals surface area contributed by atoms with Gasteiger partial charge in [-0.3, -0.25) is 4.79 Å². The number of hydrogen-bond acceptors (Lipinski definition) is 5. The molecule has 134 valence electrons. The van der Waals surface area contributed by atoms with Crippen LogP contribution in [0.1, 0.15) is 24.3 Å². The molecule has 0 bridgehead atoms. The number of carbonyl (C=O) groups excluding carboxylic acids is 1. The number of aromatic nitrogens is 4. The molecule has 1 aliphatic rings. The van der Waals surface area contributed by atoms with Crippen molar-refractivity contribution in [3.05, 3.63) is 48.2 Å². The van der Waals surface area contributed by atoms with Crippen LogP contribution < -0.4 is 5.32 Å². The lowest BCUT2D eigenvalue weighted by molar-refractivity contribution is -0.133. The van der Waals surface area contributed by atoms with Crippen LogP contribution in [0.25, 0.3) is 11.0 Å². The molecule has 4 rings (SSSR count). The van der Waals surface area contributed by atoms with Crippen LogP contribution in [0, 0.1) is 0 Å². The minimum Gasteiger partial charge on any atom is -0.373 e. The topological polar surface area (TPSA) is 75.9 Å². The lowest BCUT2D eigenvalue weighted by atomic mass is 9.91. The minimum absolute atomic E-state index is 0.0675. The number of nitrogens with one attached hydrogen (secondary N) is 1. The van der Waals surface area contributed by atoms with Crippen molar-refractivity contribution in [1.82, 2.24) is 24.9 Å². The highest BCUT2D eigenvalue weighted by atomic mass is 16.2. The highest BCUT2D eigenvalue weighted by molar-refractivity contribution is 5.77. The van der Waals surface area contributed by atoms with Crippen LogP contribution in [-0.2, 0) is 11.3 Å². The maximum atomic E-state index is 12.7. The van der Waals surface area contributed by atoms with Gasteiger partial charge in [0.25, 0.3) is 0 Å². The van der Waals surface area contributed by atoms with Gasteiger partial charge in [0.1, 0.15) is 23.4 Å². The van der Waals surface area contributed by atoms with Gasteiger partial charge in [-0.15, -0.1) is 0 Å². The summed E-state index contributed by atoms with van der Waals surface area (Å²) in [6, 6.07) is 11.8. The molecule has 0 radical (unpaired) electrons. The van der Waals surface area contributed by atoms with E-state index in [1.54, 1.807) is 0 Å². The number of likely N-dealkylation sites (tertiary alicyclic amines) is 1. The highest BCUT2D eigenvalue weighted by Crippen LogP contribution is 2.28. The minimum atomic E-state index is 0.0675. The summed E-state index contributed by atoms with van der Waals surface area (Å²) in [6.45, 7) is 1.70. The van der Waals surface area contributed by atoms with E-state index in [-0.39, 0.29) is 12.5 Å². The molecule has 3 heterocycles. The number of hydrogen-bond donors (Lipinski definition) is 1. The summed E-state index contributed by atoms with van der Waals surface area (Å²) in [7, 11) is 1.86. The number of nitrogens with zero attached hydrogens (tertiary/aromatic N) is 5. The zero-order valence-corrected chi connectivity index (χ0v) is 14.8. The van der Waals surface area contributed by atoms with Crippen LogP contribution in [0.2, 0.25) is 0 Å². The maximum Gasteiger partial charge on any atom is 0.246 e. The fourth-order valence-corrected chi connectivity index (χ4v) is 3.51. The third-order valence-electron chi connectivity index (χ3n) is 4.89. The first-order valence-electron chi connectivity index (χ1n) is 8.94. The summed E-state index contributed by atoms with van der Waals surface area (Å²) in [6.07, 6.45) is 3.91. The summed E-state index contributed by atoms with van der Waals surface area (Å²) < 4.78 is 0. The highest BCUT2D eigenvalue weighted by Gasteiger charge is 2.25. The number of rotatable bonds is 4. The summed E-state index contributed by atoms with van der Waals surface area (Å²) in [5.41, 5.74) is 2.85. The molecule has 7 heteroatoms. The van der Waals surface area contributed by atoms with E-state index in [2.05, 4.69) is 26.6 Å². The van der Waals surface area contributed by atoms with Gasteiger partial charge in [0.15, 0.2) is 0 Å². The Hall–Kier alpha value is -2.96. The predicted molar refractivity (Wildman–Crippen MR) is 99.9 cm³/mol. The molecule has 7 nitrogen and oxygen atoms in total. The van der Waals surface area contributed by atoms with Crippen molar-refractivity contribution in [1.29, 1.82) is 0 Å². The lowest BCUT2D eigenvalue weighted by Crippen LogP contribution is -2.41. The second kappa shape index (κ2) is 7.11. The molecule has 1 N–H and O–H groups in total. The Morgan fingerprint density at radius 1 is 1.23 bits per heavy atom. The number of amides is 1. The standard InChI is InChI=1S/C19H22N6O/c1-20-18-11-14(8-9-21-18)15-5-4-10-24(12-15)19(26)13-25-22-16-6-2-3-7-17(16)23-25/h2-3,6-9,11,15H,4-5,10,12-13H2,1H3,(H,20,21)/t15-/m0/s1. The molecule has 1 aliphatic heterocycles. The number of fused-ring (bicyclic) bond motifs is 1. The van der Waals surface area contributed by atoms with Crippen molar-refractivity contribution >= 4 is 22.8 Å². The molecule has 0 aliphatic carbocycles. The predicted octanol–water partition coefficient (Wildman–Crippen LogP) is 2.27. The molecule has 1 atom stereocenters. The van der Waals surface area contributed by atoms with Crippen molar-refractivity contribution in [3.8, 4) is 0 Å². The first kappa shape index (κ1) is 16.5. The van der Waals surface area contributed by atoms with E-state index >= 15 is 0 Å². The van der Waals surface area contributed by atoms with Crippen LogP contribution in [0.15, 0.2) is 42.6 Å². The van der Waals surface area contributed by atoms with Crippen LogP contribution in [-0.4, -0.2) is 50.9 Å². The molecule has 1 aromatic carbocycles. The fraction of sp³-hybridized carbons (Fsp3) is 0.368. The first-order chi connectivity index (χ1) is 12.7. The molecule has 0 spiro atoms. The van der Waals surface area contributed by atoms with Gasteiger partial charge in [-0.2, -0.15) is 15.0 Å². The molecule has 0 unspecified atom stereocenters. The van der Waals surface area contributed by atoms with Crippen LogP contribution in [0.3, 0.4) is 0 Å². The van der Waals surface area contributed by atoms with E-state index in [4.69, 9.17) is 0 Å². The Morgan fingerprint density at radius 3 is 2.73 bits per heavy atom. The van der Waals surface area contributed by atoms with E-state index in [0.29, 0.717) is 5.92 Å². The molecular formula is C19H22N6O. The average molecular weight is 350 g/mol. The molecule has 1 saturated heterocycles. The molecular weight excluding hydrogens is 328 g/mol. The summed E-state index contributed by atoms with van der Waals surface area (Å²) >= 11 is 0. The van der Waals surface area contributed by atoms with Crippen molar-refractivity contribution in [2.45, 2.75) is 25.3 Å². The number of anilines is 1. The Kier molecular flexibility index (Phi) is 4.51. The van der Waals surface area contributed by atoms with Gasteiger partial charge in [0, 0.05) is 32.3 Å². The van der Waals surface area contributed by atoms with E-state index in [1.165, 1.54) is 10.4 Å². The summed E-state index contributed by atoms with van der Waals surface area (Å²) in [5.74, 6) is 1.27. The van der Waals surface area contributed by atoms with Gasteiger partial charge in [-0.05, 0) is 42.7 Å². The Labute approximate surface area is 152 Å². The van der Waals surface area contributed by atoms with Crippen molar-refractivity contribution in [2.24, 2.45) is 0 Å². The largest absolute Gasteiger partial charge is 0.373 e. The third-order valence-corrected chi connectivity index (χ3v) is 4.89. The summed E-state index contributed by atoms with van der Waals surface area (Å²) in [5, 5.41) is 11.9. The first-order valence-corrected chi connectivity index (χ1v) is 8.94. The van der Waals surface area contributed by atoms with E-state index in [0.717, 1.165) is 42.8 Å². The molecule has 1 amide bonds. The Balaban J connectivity index is 1.45. The normalized spacial score (nSPS) is 17.4. The quantitative estimate of drug-likeness (QED) is 0.781. The lowest BCUT2D eigenvalue weighted by Gasteiger charge is -2.33. The van der Waals surface area contributed by atoms with E-state index in [9.17, 15) is 4.79 Å². The SMILES string of the molecule is CNc1cc([C@H]2CCCN(C(=O)Cn3nc4ccccc4n3)C2)ccn1. The number of pyridine rings is 1. The molecule has 1 fully saturated rings. The smallest absolute Gasteiger partial charge is 0.246 e. The van der Waals surface area contributed by atoms with Gasteiger partial charge in [-0.1, -0.05) is 12.1 Å². The molecule has 0 saturated carbocycles. The van der Waals surface area contributed by atoms with Crippen molar-refractivity contribution < 1.29 is 4.79 Å². The van der Waals surface area contributed by atoms with Gasteiger partial charge in [0.2, 0.25) is 5.91 Å². The monoisotopic (exact) mass is 350 g/mol. The number of benzene rings is 1. The van der Waals surface area contributed by atoms with Crippen molar-refractivity contribution in [2.75, 3.05) is 25.5 Å². The van der Waals surface area contributed by atoms with Gasteiger partial charge in [-0.25, -0.2) is 4.98 Å². The maximum absolute atomic E-state index is 12.7. The molecule has 2 aromatic heterocycles. The second-order valence-corrected chi connectivity index (χ2v) is 6.62. The average Bonchev–Trinajstić information content (AvgIpc) is 3.10. The zero-order valence-electron chi connectivity index (χ0n) is 14.8. The van der Waals surface area contributed by atoms with E-state index < -0.39 is 0 Å². The Bertz CT molecular complexity index is 888. The zero-order chi connectivity index (χ0) is 17.9. The van der Waals surface area contributed by atoms with Gasteiger partial charge < -0.3 is 10.2 Å². The van der Waals surface area contributed by atoms with Crippen molar-refractivity contribution in [3.63, 3.8) is 0 Å². The molecule has 3 aromatic rings. The number of piperidine rings is 1. The van der Waals surface area contributed by atoms with Crippen LogP contribution in [0.5, 0.6) is 0 Å². The summed E-state index contributed by atoms with van der Waals surface area (Å²) in [4.78, 5) is 20.5. The second-order valence-electron chi connectivity index (χ2n) is 6.62. The van der Waals surface area contributed by atoms with Gasteiger partial charge in [0.05, 0.1) is 0 Å². The fourth-order valence-electron chi connectivity index (χ4n) is 3.51. The van der Waals surface area contributed by atoms with E-state index in [1.807, 2.05) is 48.5 Å². The molecule has 26 heavy (non-hydrogen) atoms.